The number of hydrogen-bond acceptors (Lipinski definition) is 3. The first-order valence-electron chi connectivity index (χ1n) is 7.96. The predicted octanol–water partition coefficient (Wildman–Crippen LogP) is 2.97. The predicted molar refractivity (Wildman–Crippen MR) is 82.2 cm³/mol. The van der Waals surface area contributed by atoms with Crippen LogP contribution < -0.4 is 10.1 Å². The highest BCUT2D eigenvalue weighted by atomic mass is 16.5. The maximum Gasteiger partial charge on any atom is 0.124 e. The van der Waals surface area contributed by atoms with Gasteiger partial charge in [-0.25, -0.2) is 0 Å². The number of hydrogen-bond donors (Lipinski definition) is 1. The van der Waals surface area contributed by atoms with Crippen LogP contribution in [-0.2, 0) is 0 Å². The highest BCUT2D eigenvalue weighted by Gasteiger charge is 2.36. The molecule has 0 aromatic heterocycles. The molecule has 2 heterocycles. The number of benzene rings is 1. The summed E-state index contributed by atoms with van der Waals surface area (Å²) >= 11 is 0. The molecule has 1 saturated heterocycles. The van der Waals surface area contributed by atoms with Gasteiger partial charge in [-0.2, -0.15) is 0 Å². The zero-order chi connectivity index (χ0) is 13.9. The summed E-state index contributed by atoms with van der Waals surface area (Å²) in [5, 5.41) is 3.53. The molecular formula is C17H26N2O. The van der Waals surface area contributed by atoms with E-state index in [2.05, 4.69) is 48.5 Å². The molecule has 0 amide bonds. The minimum absolute atomic E-state index is 0.375. The van der Waals surface area contributed by atoms with Gasteiger partial charge in [-0.3, -0.25) is 4.90 Å². The molecule has 0 radical (unpaired) electrons. The van der Waals surface area contributed by atoms with Gasteiger partial charge in [-0.05, 0) is 39.4 Å². The van der Waals surface area contributed by atoms with Crippen LogP contribution in [0.2, 0.25) is 0 Å². The van der Waals surface area contributed by atoms with E-state index in [4.69, 9.17) is 4.74 Å². The van der Waals surface area contributed by atoms with E-state index in [0.717, 1.165) is 12.4 Å². The second-order valence-corrected chi connectivity index (χ2v) is 6.12. The van der Waals surface area contributed by atoms with Gasteiger partial charge < -0.3 is 10.1 Å². The second-order valence-electron chi connectivity index (χ2n) is 6.12. The number of likely N-dealkylation sites (tertiary alicyclic amines) is 1. The van der Waals surface area contributed by atoms with Crippen molar-refractivity contribution in [3.05, 3.63) is 29.8 Å². The molecule has 2 aliphatic rings. The number of fused-ring (bicyclic) bond motifs is 1. The first-order valence-corrected chi connectivity index (χ1v) is 7.96. The molecule has 3 unspecified atom stereocenters. The van der Waals surface area contributed by atoms with Gasteiger partial charge in [0, 0.05) is 11.6 Å². The average Bonchev–Trinajstić information content (AvgIpc) is 2.70. The van der Waals surface area contributed by atoms with E-state index in [-0.39, 0.29) is 0 Å². The van der Waals surface area contributed by atoms with E-state index >= 15 is 0 Å². The molecule has 110 valence electrons. The Balaban J connectivity index is 1.86. The summed E-state index contributed by atoms with van der Waals surface area (Å²) in [5.41, 5.74) is 1.31. The van der Waals surface area contributed by atoms with E-state index in [1.807, 2.05) is 0 Å². The molecule has 0 spiro atoms. The van der Waals surface area contributed by atoms with E-state index in [9.17, 15) is 0 Å². The van der Waals surface area contributed by atoms with Gasteiger partial charge >= 0.3 is 0 Å². The Morgan fingerprint density at radius 2 is 2.05 bits per heavy atom. The Morgan fingerprint density at radius 3 is 2.90 bits per heavy atom. The third-order valence-corrected chi connectivity index (χ3v) is 4.89. The number of nitrogens with one attached hydrogen (secondary N) is 1. The Labute approximate surface area is 122 Å². The van der Waals surface area contributed by atoms with Crippen LogP contribution in [0.1, 0.15) is 44.2 Å². The fourth-order valence-electron chi connectivity index (χ4n) is 3.77. The Hall–Kier alpha value is -1.06. The van der Waals surface area contributed by atoms with Gasteiger partial charge in [-0.1, -0.05) is 31.0 Å². The quantitative estimate of drug-likeness (QED) is 0.897. The van der Waals surface area contributed by atoms with Crippen molar-refractivity contribution in [2.45, 2.75) is 50.7 Å². The van der Waals surface area contributed by atoms with E-state index in [1.165, 1.54) is 37.8 Å². The summed E-state index contributed by atoms with van der Waals surface area (Å²) < 4.78 is 6.03. The van der Waals surface area contributed by atoms with Crippen LogP contribution in [0.5, 0.6) is 5.75 Å². The Morgan fingerprint density at radius 1 is 1.20 bits per heavy atom. The largest absolute Gasteiger partial charge is 0.492 e. The van der Waals surface area contributed by atoms with Crippen LogP contribution in [0.4, 0.5) is 0 Å². The Kier molecular flexibility index (Phi) is 4.27. The molecule has 1 fully saturated rings. The number of rotatable bonds is 2. The Bertz CT molecular complexity index is 448. The lowest BCUT2D eigenvalue weighted by atomic mass is 9.94. The monoisotopic (exact) mass is 274 g/mol. The molecule has 20 heavy (non-hydrogen) atoms. The van der Waals surface area contributed by atoms with E-state index < -0.39 is 0 Å². The van der Waals surface area contributed by atoms with Crippen molar-refractivity contribution in [1.29, 1.82) is 0 Å². The molecule has 3 rings (SSSR count). The van der Waals surface area contributed by atoms with Crippen LogP contribution in [0.15, 0.2) is 24.3 Å². The van der Waals surface area contributed by atoms with E-state index in [0.29, 0.717) is 18.1 Å². The molecule has 3 heteroatoms. The lowest BCUT2D eigenvalue weighted by Gasteiger charge is -2.42. The number of para-hydroxylation sites is 1. The van der Waals surface area contributed by atoms with Gasteiger partial charge in [0.25, 0.3) is 0 Å². The molecule has 0 aliphatic carbocycles. The number of nitrogens with zero attached hydrogens (tertiary/aromatic N) is 1. The summed E-state index contributed by atoms with van der Waals surface area (Å²) in [5.74, 6) is 1.05. The lowest BCUT2D eigenvalue weighted by Crippen LogP contribution is -2.52. The third-order valence-electron chi connectivity index (χ3n) is 4.89. The van der Waals surface area contributed by atoms with Crippen LogP contribution in [0.25, 0.3) is 0 Å². The summed E-state index contributed by atoms with van der Waals surface area (Å²) in [6, 6.07) is 9.93. The van der Waals surface area contributed by atoms with Crippen LogP contribution in [0.3, 0.4) is 0 Å². The fourth-order valence-corrected chi connectivity index (χ4v) is 3.77. The highest BCUT2D eigenvalue weighted by molar-refractivity contribution is 5.38. The van der Waals surface area contributed by atoms with Gasteiger partial charge in [0.15, 0.2) is 0 Å². The van der Waals surface area contributed by atoms with Crippen molar-refractivity contribution in [2.75, 3.05) is 20.2 Å². The molecule has 1 aromatic rings. The van der Waals surface area contributed by atoms with Crippen LogP contribution in [-0.4, -0.2) is 37.2 Å². The van der Waals surface area contributed by atoms with E-state index in [1.54, 1.807) is 0 Å². The third kappa shape index (κ3) is 2.57. The van der Waals surface area contributed by atoms with Gasteiger partial charge in [0.05, 0.1) is 12.1 Å². The van der Waals surface area contributed by atoms with Crippen molar-refractivity contribution in [1.82, 2.24) is 10.2 Å². The fraction of sp³-hybridized carbons (Fsp3) is 0.647. The summed E-state index contributed by atoms with van der Waals surface area (Å²) in [6.07, 6.45) is 5.37. The first-order chi connectivity index (χ1) is 9.81. The molecule has 1 aromatic carbocycles. The van der Waals surface area contributed by atoms with Crippen molar-refractivity contribution in [3.8, 4) is 5.75 Å². The maximum absolute atomic E-state index is 6.03. The number of ether oxygens (including phenoxy) is 1. The molecule has 3 atom stereocenters. The normalized spacial score (nSPS) is 31.2. The molecule has 0 saturated carbocycles. The minimum Gasteiger partial charge on any atom is -0.492 e. The minimum atomic E-state index is 0.375. The molecule has 1 N–H and O–H groups in total. The zero-order valence-corrected chi connectivity index (χ0v) is 12.6. The standard InChI is InChI=1S/C17H26N2O/c1-13-8-4-3-7-11-19(13)15-12-20-16-10-6-5-9-14(16)17(15)18-2/h5-6,9-10,13,15,17-18H,3-4,7-8,11-12H2,1-2H3. The first kappa shape index (κ1) is 13.9. The summed E-state index contributed by atoms with van der Waals surface area (Å²) in [7, 11) is 2.07. The molecular weight excluding hydrogens is 248 g/mol. The van der Waals surface area contributed by atoms with Gasteiger partial charge in [0.1, 0.15) is 12.4 Å². The maximum atomic E-state index is 6.03. The average molecular weight is 274 g/mol. The molecule has 2 aliphatic heterocycles. The molecule has 3 nitrogen and oxygen atoms in total. The second kappa shape index (κ2) is 6.15. The van der Waals surface area contributed by atoms with Crippen LogP contribution >= 0.6 is 0 Å². The van der Waals surface area contributed by atoms with Crippen molar-refractivity contribution < 1.29 is 4.74 Å². The highest BCUT2D eigenvalue weighted by Crippen LogP contribution is 2.35. The zero-order valence-electron chi connectivity index (χ0n) is 12.6. The van der Waals surface area contributed by atoms with Crippen molar-refractivity contribution in [2.24, 2.45) is 0 Å². The van der Waals surface area contributed by atoms with Gasteiger partial charge in [0.2, 0.25) is 0 Å². The van der Waals surface area contributed by atoms with Gasteiger partial charge in [-0.15, -0.1) is 0 Å². The van der Waals surface area contributed by atoms with Crippen molar-refractivity contribution in [3.63, 3.8) is 0 Å². The number of likely N-dealkylation sites (N-methyl/N-ethyl adjacent to an activating group) is 1. The lowest BCUT2D eigenvalue weighted by molar-refractivity contribution is 0.0614. The summed E-state index contributed by atoms with van der Waals surface area (Å²) in [4.78, 5) is 2.67. The topological polar surface area (TPSA) is 24.5 Å². The SMILES string of the molecule is CNC1c2ccccc2OCC1N1CCCCCC1C. The summed E-state index contributed by atoms with van der Waals surface area (Å²) in [6.45, 7) is 4.38. The van der Waals surface area contributed by atoms with Crippen LogP contribution in [0, 0.1) is 0 Å². The van der Waals surface area contributed by atoms with Crippen molar-refractivity contribution >= 4 is 0 Å². The molecule has 0 bridgehead atoms. The smallest absolute Gasteiger partial charge is 0.124 e.